The number of nitrogens with one attached hydrogen (secondary N) is 1. The first-order valence-electron chi connectivity index (χ1n) is 5.39. The second-order valence-electron chi connectivity index (χ2n) is 3.85. The summed E-state index contributed by atoms with van der Waals surface area (Å²) in [6.07, 6.45) is 0. The first-order chi connectivity index (χ1) is 8.13. The third kappa shape index (κ3) is 4.58. The summed E-state index contributed by atoms with van der Waals surface area (Å²) in [7, 11) is 0. The van der Waals surface area contributed by atoms with Crippen molar-refractivity contribution in [2.75, 3.05) is 30.8 Å². The largest absolute Gasteiger partial charge is 0.397 e. The second kappa shape index (κ2) is 6.56. The molecule has 90 valence electrons. The molecule has 4 heteroatoms. The predicted octanol–water partition coefficient (Wildman–Crippen LogP) is 2.15. The lowest BCUT2D eigenvalue weighted by atomic mass is 10.2. The Labute approximate surface area is 102 Å². The molecule has 1 rings (SSSR count). The molecule has 0 radical (unpaired) electrons. The summed E-state index contributed by atoms with van der Waals surface area (Å²) >= 11 is 0. The molecular formula is C13H17N3O. The predicted molar refractivity (Wildman–Crippen MR) is 69.7 cm³/mol. The maximum Gasteiger partial charge on any atom is 0.0992 e. The van der Waals surface area contributed by atoms with Gasteiger partial charge in [-0.2, -0.15) is 5.26 Å². The molecule has 17 heavy (non-hydrogen) atoms. The highest BCUT2D eigenvalue weighted by molar-refractivity contribution is 5.68. The van der Waals surface area contributed by atoms with Gasteiger partial charge < -0.3 is 15.8 Å². The molecule has 0 bridgehead atoms. The van der Waals surface area contributed by atoms with E-state index in [1.165, 1.54) is 0 Å². The van der Waals surface area contributed by atoms with Crippen molar-refractivity contribution >= 4 is 11.4 Å². The van der Waals surface area contributed by atoms with Crippen LogP contribution in [0.2, 0.25) is 0 Å². The van der Waals surface area contributed by atoms with Crippen LogP contribution in [0.5, 0.6) is 0 Å². The molecule has 1 aromatic carbocycles. The van der Waals surface area contributed by atoms with Gasteiger partial charge in [-0.15, -0.1) is 0 Å². The number of ether oxygens (including phenoxy) is 1. The quantitative estimate of drug-likeness (QED) is 0.447. The standard InChI is InChI=1S/C13H17N3O/c1-10(2)9-17-6-5-16-13-7-11(8-14)3-4-12(13)15/h3-4,7,16H,1,5-6,9,15H2,2H3. The molecule has 0 aliphatic heterocycles. The smallest absolute Gasteiger partial charge is 0.0992 e. The first kappa shape index (κ1) is 13.1. The molecule has 1 aromatic rings. The number of nitriles is 1. The number of nitrogen functional groups attached to an aromatic ring is 1. The second-order valence-corrected chi connectivity index (χ2v) is 3.85. The van der Waals surface area contributed by atoms with Gasteiger partial charge in [-0.25, -0.2) is 0 Å². The molecule has 0 aromatic heterocycles. The number of benzene rings is 1. The highest BCUT2D eigenvalue weighted by Gasteiger charge is 2.00. The van der Waals surface area contributed by atoms with Crippen molar-refractivity contribution in [2.45, 2.75) is 6.92 Å². The molecule has 0 amide bonds. The van der Waals surface area contributed by atoms with Crippen LogP contribution in [0.25, 0.3) is 0 Å². The van der Waals surface area contributed by atoms with Crippen LogP contribution in [0.15, 0.2) is 30.4 Å². The molecular weight excluding hydrogens is 214 g/mol. The fourth-order valence-electron chi connectivity index (χ4n) is 1.28. The third-order valence-corrected chi connectivity index (χ3v) is 2.09. The monoisotopic (exact) mass is 231 g/mol. The highest BCUT2D eigenvalue weighted by Crippen LogP contribution is 2.19. The van der Waals surface area contributed by atoms with Crippen LogP contribution in [0.1, 0.15) is 12.5 Å². The van der Waals surface area contributed by atoms with Crippen LogP contribution in [0.3, 0.4) is 0 Å². The minimum Gasteiger partial charge on any atom is -0.397 e. The maximum atomic E-state index is 8.77. The van der Waals surface area contributed by atoms with Gasteiger partial charge in [-0.3, -0.25) is 0 Å². The molecule has 0 saturated carbocycles. The molecule has 0 saturated heterocycles. The molecule has 3 N–H and O–H groups in total. The number of nitrogens with two attached hydrogens (primary N) is 1. The average molecular weight is 231 g/mol. The summed E-state index contributed by atoms with van der Waals surface area (Å²) in [5.41, 5.74) is 8.76. The number of hydrogen-bond donors (Lipinski definition) is 2. The normalized spacial score (nSPS) is 9.65. The molecule has 4 nitrogen and oxygen atoms in total. The Morgan fingerprint density at radius 2 is 2.35 bits per heavy atom. The Morgan fingerprint density at radius 1 is 1.59 bits per heavy atom. The van der Waals surface area contributed by atoms with Gasteiger partial charge in [-0.05, 0) is 25.1 Å². The van der Waals surface area contributed by atoms with Gasteiger partial charge in [0.1, 0.15) is 0 Å². The number of nitrogens with zero attached hydrogens (tertiary/aromatic N) is 1. The van der Waals surface area contributed by atoms with Gasteiger partial charge >= 0.3 is 0 Å². The zero-order chi connectivity index (χ0) is 12.7. The number of rotatable bonds is 6. The lowest BCUT2D eigenvalue weighted by Crippen LogP contribution is -2.11. The SMILES string of the molecule is C=C(C)COCCNc1cc(C#N)ccc1N. The zero-order valence-electron chi connectivity index (χ0n) is 9.99. The molecule has 0 fully saturated rings. The minimum absolute atomic E-state index is 0.565. The molecule has 0 spiro atoms. The van der Waals surface area contributed by atoms with E-state index >= 15 is 0 Å². The van der Waals surface area contributed by atoms with E-state index in [0.717, 1.165) is 11.3 Å². The van der Waals surface area contributed by atoms with Crippen LogP contribution in [-0.2, 0) is 4.74 Å². The highest BCUT2D eigenvalue weighted by atomic mass is 16.5. The van der Waals surface area contributed by atoms with Crippen molar-refractivity contribution in [3.05, 3.63) is 35.9 Å². The minimum atomic E-state index is 0.565. The maximum absolute atomic E-state index is 8.77. The Morgan fingerprint density at radius 3 is 3.00 bits per heavy atom. The van der Waals surface area contributed by atoms with E-state index in [2.05, 4.69) is 18.0 Å². The van der Waals surface area contributed by atoms with Gasteiger partial charge in [0, 0.05) is 6.54 Å². The Kier molecular flexibility index (Phi) is 5.05. The lowest BCUT2D eigenvalue weighted by Gasteiger charge is -2.10. The van der Waals surface area contributed by atoms with E-state index in [9.17, 15) is 0 Å². The Bertz CT molecular complexity index is 435. The van der Waals surface area contributed by atoms with Gasteiger partial charge in [0.05, 0.1) is 36.2 Å². The fourth-order valence-corrected chi connectivity index (χ4v) is 1.28. The van der Waals surface area contributed by atoms with E-state index in [4.69, 9.17) is 15.7 Å². The van der Waals surface area contributed by atoms with E-state index in [1.54, 1.807) is 18.2 Å². The van der Waals surface area contributed by atoms with E-state index in [0.29, 0.717) is 31.0 Å². The molecule has 0 unspecified atom stereocenters. The number of hydrogen-bond acceptors (Lipinski definition) is 4. The Balaban J connectivity index is 2.41. The summed E-state index contributed by atoms with van der Waals surface area (Å²) in [5.74, 6) is 0. The van der Waals surface area contributed by atoms with Crippen molar-refractivity contribution in [3.63, 3.8) is 0 Å². The summed E-state index contributed by atoms with van der Waals surface area (Å²) in [6, 6.07) is 7.21. The summed E-state index contributed by atoms with van der Waals surface area (Å²) in [5, 5.41) is 11.9. The van der Waals surface area contributed by atoms with Crippen molar-refractivity contribution in [1.29, 1.82) is 5.26 Å². The van der Waals surface area contributed by atoms with Crippen LogP contribution in [0.4, 0.5) is 11.4 Å². The molecule has 0 aliphatic carbocycles. The molecule has 0 aliphatic rings. The van der Waals surface area contributed by atoms with Crippen LogP contribution in [0, 0.1) is 11.3 Å². The lowest BCUT2D eigenvalue weighted by molar-refractivity contribution is 0.167. The Hall–Kier alpha value is -1.99. The molecule has 0 heterocycles. The van der Waals surface area contributed by atoms with E-state index < -0.39 is 0 Å². The van der Waals surface area contributed by atoms with Crippen molar-refractivity contribution < 1.29 is 4.74 Å². The fraction of sp³-hybridized carbons (Fsp3) is 0.308. The van der Waals surface area contributed by atoms with Crippen LogP contribution in [-0.4, -0.2) is 19.8 Å². The topological polar surface area (TPSA) is 71.1 Å². The molecule has 0 atom stereocenters. The van der Waals surface area contributed by atoms with E-state index in [1.807, 2.05) is 6.92 Å². The zero-order valence-corrected chi connectivity index (χ0v) is 9.99. The van der Waals surface area contributed by atoms with Gasteiger partial charge in [0.15, 0.2) is 0 Å². The third-order valence-electron chi connectivity index (χ3n) is 2.09. The van der Waals surface area contributed by atoms with Crippen molar-refractivity contribution in [2.24, 2.45) is 0 Å². The van der Waals surface area contributed by atoms with Gasteiger partial charge in [-0.1, -0.05) is 12.2 Å². The average Bonchev–Trinajstić information content (AvgIpc) is 2.30. The van der Waals surface area contributed by atoms with Gasteiger partial charge in [0.25, 0.3) is 0 Å². The van der Waals surface area contributed by atoms with Gasteiger partial charge in [0.2, 0.25) is 0 Å². The van der Waals surface area contributed by atoms with Crippen LogP contribution >= 0.6 is 0 Å². The summed E-state index contributed by atoms with van der Waals surface area (Å²) in [6.45, 7) is 7.45. The summed E-state index contributed by atoms with van der Waals surface area (Å²) in [4.78, 5) is 0. The number of anilines is 2. The van der Waals surface area contributed by atoms with E-state index in [-0.39, 0.29) is 0 Å². The summed E-state index contributed by atoms with van der Waals surface area (Å²) < 4.78 is 5.35. The van der Waals surface area contributed by atoms with Crippen molar-refractivity contribution in [3.8, 4) is 6.07 Å². The first-order valence-corrected chi connectivity index (χ1v) is 5.39. The van der Waals surface area contributed by atoms with Crippen LogP contribution < -0.4 is 11.1 Å². The van der Waals surface area contributed by atoms with Crippen molar-refractivity contribution in [1.82, 2.24) is 0 Å².